The summed E-state index contributed by atoms with van der Waals surface area (Å²) in [5, 5.41) is 0. The van der Waals surface area contributed by atoms with E-state index in [0.29, 0.717) is 5.56 Å². The van der Waals surface area contributed by atoms with E-state index in [1.165, 1.54) is 6.07 Å². The molecule has 2 unspecified atom stereocenters. The first kappa shape index (κ1) is 14.8. The number of hydrogen-bond donors (Lipinski definition) is 0. The van der Waals surface area contributed by atoms with Crippen molar-refractivity contribution in [2.24, 2.45) is 0 Å². The van der Waals surface area contributed by atoms with E-state index in [0.717, 1.165) is 44.2 Å². The van der Waals surface area contributed by atoms with E-state index in [1.54, 1.807) is 0 Å². The van der Waals surface area contributed by atoms with Crippen LogP contribution in [0.5, 0.6) is 0 Å². The zero-order valence-electron chi connectivity index (χ0n) is 10.3. The molecule has 1 aromatic carbocycles. The zero-order chi connectivity index (χ0) is 14.0. The lowest BCUT2D eigenvalue weighted by Crippen LogP contribution is -2.13. The predicted molar refractivity (Wildman–Crippen MR) is 69.9 cm³/mol. The number of rotatable bonds is 1. The van der Waals surface area contributed by atoms with Crippen molar-refractivity contribution in [3.05, 3.63) is 35.1 Å². The molecule has 0 N–H and O–H groups in total. The topological polar surface area (TPSA) is 0 Å². The second-order valence-corrected chi connectivity index (χ2v) is 6.17. The van der Waals surface area contributed by atoms with Crippen molar-refractivity contribution < 1.29 is 17.6 Å². The summed E-state index contributed by atoms with van der Waals surface area (Å²) < 4.78 is 51.1. The third-order valence-electron chi connectivity index (χ3n) is 3.66. The Labute approximate surface area is 118 Å². The monoisotopic (exact) mass is 338 g/mol. The van der Waals surface area contributed by atoms with Crippen LogP contribution in [0.4, 0.5) is 17.6 Å². The third-order valence-corrected chi connectivity index (χ3v) is 4.75. The fourth-order valence-electron chi connectivity index (χ4n) is 2.63. The van der Waals surface area contributed by atoms with E-state index in [4.69, 9.17) is 0 Å². The molecule has 106 valence electrons. The fourth-order valence-corrected chi connectivity index (χ4v) is 3.52. The van der Waals surface area contributed by atoms with E-state index in [-0.39, 0.29) is 10.7 Å². The Morgan fingerprint density at radius 2 is 1.74 bits per heavy atom. The van der Waals surface area contributed by atoms with Crippen molar-refractivity contribution in [1.82, 2.24) is 0 Å². The third kappa shape index (κ3) is 3.50. The minimum Gasteiger partial charge on any atom is -0.206 e. The zero-order valence-corrected chi connectivity index (χ0v) is 11.9. The Bertz CT molecular complexity index is 442. The molecule has 1 aliphatic rings. The van der Waals surface area contributed by atoms with Crippen molar-refractivity contribution in [3.63, 3.8) is 0 Å². The van der Waals surface area contributed by atoms with Crippen molar-refractivity contribution in [1.29, 1.82) is 0 Å². The average Bonchev–Trinajstić information content (AvgIpc) is 2.52. The molecule has 0 heterocycles. The summed E-state index contributed by atoms with van der Waals surface area (Å²) in [5.41, 5.74) is -0.523. The van der Waals surface area contributed by atoms with Gasteiger partial charge in [-0.3, -0.25) is 0 Å². The molecule has 1 saturated carbocycles. The van der Waals surface area contributed by atoms with Gasteiger partial charge in [-0.15, -0.1) is 0 Å². The van der Waals surface area contributed by atoms with Crippen LogP contribution in [0.3, 0.4) is 0 Å². The van der Waals surface area contributed by atoms with Crippen LogP contribution in [0, 0.1) is 5.82 Å². The second-order valence-electron chi connectivity index (χ2n) is 5.00. The minimum absolute atomic E-state index is 0.0966. The lowest BCUT2D eigenvalue weighted by molar-refractivity contribution is -0.140. The summed E-state index contributed by atoms with van der Waals surface area (Å²) in [6.45, 7) is 0. The maximum atomic E-state index is 13.6. The molecular weight excluding hydrogens is 324 g/mol. The van der Waals surface area contributed by atoms with E-state index < -0.39 is 17.6 Å². The first-order valence-corrected chi connectivity index (χ1v) is 7.32. The Morgan fingerprint density at radius 3 is 2.37 bits per heavy atom. The van der Waals surface area contributed by atoms with Gasteiger partial charge in [0.05, 0.1) is 5.56 Å². The van der Waals surface area contributed by atoms with Crippen LogP contribution < -0.4 is 0 Å². The number of halogens is 5. The summed E-state index contributed by atoms with van der Waals surface area (Å²) in [7, 11) is 0. The maximum absolute atomic E-state index is 13.6. The molecule has 1 aliphatic carbocycles. The van der Waals surface area contributed by atoms with E-state index in [2.05, 4.69) is 15.9 Å². The van der Waals surface area contributed by atoms with Gasteiger partial charge in [0.15, 0.2) is 0 Å². The van der Waals surface area contributed by atoms with Crippen LogP contribution in [0.15, 0.2) is 18.2 Å². The van der Waals surface area contributed by atoms with E-state index >= 15 is 0 Å². The van der Waals surface area contributed by atoms with Crippen LogP contribution >= 0.6 is 15.9 Å². The molecule has 0 amide bonds. The first-order valence-electron chi connectivity index (χ1n) is 6.40. The van der Waals surface area contributed by atoms with Gasteiger partial charge in [-0.25, -0.2) is 4.39 Å². The van der Waals surface area contributed by atoms with Gasteiger partial charge in [-0.2, -0.15) is 13.2 Å². The first-order chi connectivity index (χ1) is 8.89. The quantitative estimate of drug-likeness (QED) is 0.352. The van der Waals surface area contributed by atoms with Crippen molar-refractivity contribution >= 4 is 15.9 Å². The molecule has 19 heavy (non-hydrogen) atoms. The average molecular weight is 339 g/mol. The molecule has 0 saturated heterocycles. The number of benzene rings is 1. The molecule has 0 spiro atoms. The van der Waals surface area contributed by atoms with Gasteiger partial charge in [0.2, 0.25) is 0 Å². The highest BCUT2D eigenvalue weighted by atomic mass is 79.9. The molecule has 2 rings (SSSR count). The van der Waals surface area contributed by atoms with Crippen LogP contribution in [-0.2, 0) is 6.18 Å². The molecule has 2 atom stereocenters. The number of hydrogen-bond acceptors (Lipinski definition) is 0. The van der Waals surface area contributed by atoms with E-state index in [1.807, 2.05) is 0 Å². The molecule has 0 aliphatic heterocycles. The Balaban J connectivity index is 2.28. The smallest absolute Gasteiger partial charge is 0.206 e. The molecule has 0 nitrogen and oxygen atoms in total. The molecule has 0 bridgehead atoms. The second kappa shape index (κ2) is 5.81. The Kier molecular flexibility index (Phi) is 4.54. The normalized spacial score (nSPS) is 25.1. The molecule has 1 aromatic rings. The van der Waals surface area contributed by atoms with Crippen LogP contribution in [0.25, 0.3) is 0 Å². The van der Waals surface area contributed by atoms with Gasteiger partial charge in [-0.05, 0) is 36.5 Å². The van der Waals surface area contributed by atoms with Gasteiger partial charge in [0.1, 0.15) is 5.82 Å². The summed E-state index contributed by atoms with van der Waals surface area (Å²) in [6.07, 6.45) is 0.514. The Morgan fingerprint density at radius 1 is 1.05 bits per heavy atom. The molecule has 1 fully saturated rings. The van der Waals surface area contributed by atoms with E-state index in [9.17, 15) is 17.6 Å². The molecule has 0 aromatic heterocycles. The number of alkyl halides is 4. The Hall–Kier alpha value is -0.580. The van der Waals surface area contributed by atoms with Crippen molar-refractivity contribution in [2.75, 3.05) is 0 Å². The summed E-state index contributed by atoms with van der Waals surface area (Å²) in [5.74, 6) is -1.08. The van der Waals surface area contributed by atoms with Gasteiger partial charge in [-0.1, -0.05) is 41.3 Å². The largest absolute Gasteiger partial charge is 0.419 e. The molecule has 5 heteroatoms. The summed E-state index contributed by atoms with van der Waals surface area (Å²) in [4.78, 5) is 0.214. The SMILES string of the molecule is Fc1cc(C2CCCCCC2Br)ccc1C(F)(F)F. The van der Waals surface area contributed by atoms with Gasteiger partial charge in [0, 0.05) is 4.83 Å². The van der Waals surface area contributed by atoms with Gasteiger partial charge < -0.3 is 0 Å². The van der Waals surface area contributed by atoms with Crippen LogP contribution in [0.1, 0.15) is 49.1 Å². The van der Waals surface area contributed by atoms with Crippen molar-refractivity contribution in [3.8, 4) is 0 Å². The maximum Gasteiger partial charge on any atom is 0.419 e. The summed E-state index contributed by atoms with van der Waals surface area (Å²) in [6, 6.07) is 3.32. The van der Waals surface area contributed by atoms with Gasteiger partial charge in [0.25, 0.3) is 0 Å². The highest BCUT2D eigenvalue weighted by molar-refractivity contribution is 9.09. The van der Waals surface area contributed by atoms with Crippen LogP contribution in [0.2, 0.25) is 0 Å². The highest BCUT2D eigenvalue weighted by Crippen LogP contribution is 2.38. The highest BCUT2D eigenvalue weighted by Gasteiger charge is 2.34. The predicted octanol–water partition coefficient (Wildman–Crippen LogP) is 5.66. The lowest BCUT2D eigenvalue weighted by atomic mass is 9.91. The molecular formula is C14H15BrF4. The standard InChI is InChI=1S/C14H15BrF4/c15-12-5-3-1-2-4-10(12)9-6-7-11(13(16)8-9)14(17,18)19/h6-8,10,12H,1-5H2. The van der Waals surface area contributed by atoms with Gasteiger partial charge >= 0.3 is 6.18 Å². The minimum atomic E-state index is -4.63. The van der Waals surface area contributed by atoms with Crippen LogP contribution in [-0.4, -0.2) is 4.83 Å². The van der Waals surface area contributed by atoms with Crippen molar-refractivity contribution in [2.45, 2.75) is 49.0 Å². The lowest BCUT2D eigenvalue weighted by Gasteiger charge is -2.21. The summed E-state index contributed by atoms with van der Waals surface area (Å²) >= 11 is 3.58. The molecule has 0 radical (unpaired) electrons. The fraction of sp³-hybridized carbons (Fsp3) is 0.571.